The lowest BCUT2D eigenvalue weighted by molar-refractivity contribution is 0.00344. The fraction of sp³-hybridized carbons (Fsp3) is 0.536. The fourth-order valence-electron chi connectivity index (χ4n) is 5.36. The average molecular weight is 466 g/mol. The minimum atomic E-state index is -0.668. The van der Waals surface area contributed by atoms with Crippen molar-refractivity contribution in [1.82, 2.24) is 15.1 Å². The lowest BCUT2D eigenvalue weighted by Crippen LogP contribution is -2.45. The molecule has 0 aromatic heterocycles. The van der Waals surface area contributed by atoms with Crippen molar-refractivity contribution in [3.63, 3.8) is 0 Å². The van der Waals surface area contributed by atoms with Gasteiger partial charge in [-0.3, -0.25) is 4.90 Å². The van der Waals surface area contributed by atoms with Crippen LogP contribution < -0.4 is 5.32 Å². The van der Waals surface area contributed by atoms with Crippen molar-refractivity contribution in [1.29, 1.82) is 0 Å². The number of ether oxygens (including phenoxy) is 1. The summed E-state index contributed by atoms with van der Waals surface area (Å²) >= 11 is 0. The van der Waals surface area contributed by atoms with Gasteiger partial charge in [0.25, 0.3) is 0 Å². The molecule has 2 saturated heterocycles. The number of likely N-dealkylation sites (tertiary alicyclic amines) is 2. The van der Waals surface area contributed by atoms with Crippen molar-refractivity contribution >= 4 is 6.09 Å². The molecule has 2 aliphatic rings. The second-order valence-corrected chi connectivity index (χ2v) is 10.3. The maximum atomic E-state index is 12.2. The van der Waals surface area contributed by atoms with Crippen LogP contribution in [0.5, 0.6) is 0 Å². The van der Waals surface area contributed by atoms with Crippen LogP contribution in [-0.2, 0) is 17.8 Å². The van der Waals surface area contributed by atoms with E-state index in [2.05, 4.69) is 39.4 Å². The Morgan fingerprint density at radius 1 is 1.06 bits per heavy atom. The van der Waals surface area contributed by atoms with Crippen molar-refractivity contribution < 1.29 is 14.6 Å². The monoisotopic (exact) mass is 465 g/mol. The fourth-order valence-corrected chi connectivity index (χ4v) is 5.36. The summed E-state index contributed by atoms with van der Waals surface area (Å²) in [5, 5.41) is 13.9. The number of nitrogens with one attached hydrogen (secondary N) is 1. The number of carbonyl (C=O) groups excluding carboxylic acids is 1. The van der Waals surface area contributed by atoms with Crippen LogP contribution in [0.3, 0.4) is 0 Å². The Morgan fingerprint density at radius 3 is 2.32 bits per heavy atom. The Kier molecular flexibility index (Phi) is 8.24. The molecule has 3 unspecified atom stereocenters. The third kappa shape index (κ3) is 6.81. The Hall–Kier alpha value is -2.41. The zero-order valence-corrected chi connectivity index (χ0v) is 20.5. The summed E-state index contributed by atoms with van der Waals surface area (Å²) in [5.74, 6) is 0.614. The number of β-amino-alcohol motifs (C(OH)–C–C–N with tert-alkyl or cyclic N) is 1. The highest BCUT2D eigenvalue weighted by Crippen LogP contribution is 2.31. The summed E-state index contributed by atoms with van der Waals surface area (Å²) < 4.78 is 5.67. The molecule has 4 rings (SSSR count). The molecule has 2 N–H and O–H groups in total. The first kappa shape index (κ1) is 24.7. The maximum Gasteiger partial charge on any atom is 0.407 e. The number of hydrogen-bond acceptors (Lipinski definition) is 5. The van der Waals surface area contributed by atoms with Crippen LogP contribution in [0.1, 0.15) is 37.8 Å². The highest BCUT2D eigenvalue weighted by atomic mass is 16.6. The summed E-state index contributed by atoms with van der Waals surface area (Å²) in [4.78, 5) is 17.1. The van der Waals surface area contributed by atoms with Crippen LogP contribution in [0.2, 0.25) is 0 Å². The lowest BCUT2D eigenvalue weighted by Gasteiger charge is -2.37. The molecule has 0 saturated carbocycles. The second kappa shape index (κ2) is 11.3. The topological polar surface area (TPSA) is 65.0 Å². The molecule has 2 heterocycles. The molecule has 2 aliphatic heterocycles. The number of amides is 1. The number of rotatable bonds is 8. The molecule has 6 nitrogen and oxygen atoms in total. The smallest absolute Gasteiger partial charge is 0.407 e. The molecule has 34 heavy (non-hydrogen) atoms. The number of benzene rings is 2. The van der Waals surface area contributed by atoms with Gasteiger partial charge in [-0.15, -0.1) is 0 Å². The van der Waals surface area contributed by atoms with Gasteiger partial charge in [0.15, 0.2) is 0 Å². The molecular weight excluding hydrogens is 426 g/mol. The van der Waals surface area contributed by atoms with Crippen molar-refractivity contribution in [2.24, 2.45) is 11.8 Å². The molecule has 0 spiro atoms. The molecule has 184 valence electrons. The van der Waals surface area contributed by atoms with E-state index in [0.29, 0.717) is 19.0 Å². The van der Waals surface area contributed by atoms with Crippen LogP contribution in [0, 0.1) is 11.8 Å². The van der Waals surface area contributed by atoms with Gasteiger partial charge in [0.05, 0.1) is 5.60 Å². The first-order valence-electron chi connectivity index (χ1n) is 12.6. The molecule has 6 heteroatoms. The second-order valence-electron chi connectivity index (χ2n) is 10.3. The predicted molar refractivity (Wildman–Crippen MR) is 134 cm³/mol. The van der Waals surface area contributed by atoms with E-state index < -0.39 is 5.60 Å². The molecule has 0 radical (unpaired) electrons. The zero-order valence-electron chi connectivity index (χ0n) is 20.5. The molecule has 1 amide bonds. The van der Waals surface area contributed by atoms with Crippen molar-refractivity contribution in [3.8, 4) is 0 Å². The third-order valence-electron chi connectivity index (χ3n) is 7.50. The summed E-state index contributed by atoms with van der Waals surface area (Å²) in [5.41, 5.74) is 1.69. The van der Waals surface area contributed by atoms with Gasteiger partial charge in [-0.05, 0) is 56.8 Å². The van der Waals surface area contributed by atoms with E-state index in [9.17, 15) is 9.90 Å². The van der Waals surface area contributed by atoms with Crippen LogP contribution in [0.15, 0.2) is 60.7 Å². The SMILES string of the molecule is CC(OC(=O)NCc1ccccc1)C1CCN(CC2CN(Cc3ccccc3)CC2(C)O)CC1. The number of aliphatic hydroxyl groups is 1. The van der Waals surface area contributed by atoms with Gasteiger partial charge in [-0.1, -0.05) is 60.7 Å². The Morgan fingerprint density at radius 2 is 1.68 bits per heavy atom. The van der Waals surface area contributed by atoms with E-state index in [-0.39, 0.29) is 18.1 Å². The summed E-state index contributed by atoms with van der Waals surface area (Å²) in [7, 11) is 0. The number of nitrogens with zero attached hydrogens (tertiary/aromatic N) is 2. The Labute approximate surface area is 203 Å². The molecule has 0 aliphatic carbocycles. The first-order valence-corrected chi connectivity index (χ1v) is 12.6. The average Bonchev–Trinajstić information content (AvgIpc) is 3.11. The van der Waals surface area contributed by atoms with E-state index in [1.165, 1.54) is 5.56 Å². The number of hydrogen-bond donors (Lipinski definition) is 2. The minimum Gasteiger partial charge on any atom is -0.446 e. The van der Waals surface area contributed by atoms with Gasteiger partial charge in [0.1, 0.15) is 6.10 Å². The van der Waals surface area contributed by atoms with Gasteiger partial charge in [0.2, 0.25) is 0 Å². The maximum absolute atomic E-state index is 12.2. The van der Waals surface area contributed by atoms with Crippen LogP contribution in [-0.4, -0.2) is 65.4 Å². The summed E-state index contributed by atoms with van der Waals surface area (Å²) in [6.07, 6.45) is 1.57. The normalized spacial score (nSPS) is 25.2. The largest absolute Gasteiger partial charge is 0.446 e. The van der Waals surface area contributed by atoms with Gasteiger partial charge in [0, 0.05) is 38.6 Å². The number of piperidine rings is 1. The molecule has 2 aromatic rings. The molecular formula is C28H39N3O3. The van der Waals surface area contributed by atoms with Gasteiger partial charge >= 0.3 is 6.09 Å². The molecule has 2 aromatic carbocycles. The standard InChI is InChI=1S/C28H39N3O3/c1-22(34-27(32)29-17-23-9-5-3-6-10-23)25-13-15-30(16-14-25)19-26-20-31(21-28(26,2)33)18-24-11-7-4-8-12-24/h3-12,22,25-26,33H,13-21H2,1-2H3,(H,29,32). The number of alkyl carbamates (subject to hydrolysis) is 1. The van der Waals surface area contributed by atoms with E-state index in [1.807, 2.05) is 50.2 Å². The first-order chi connectivity index (χ1) is 16.4. The third-order valence-corrected chi connectivity index (χ3v) is 7.50. The van der Waals surface area contributed by atoms with E-state index in [4.69, 9.17) is 4.74 Å². The predicted octanol–water partition coefficient (Wildman–Crippen LogP) is 3.90. The zero-order chi connectivity index (χ0) is 24.0. The molecule has 2 fully saturated rings. The Bertz CT molecular complexity index is 898. The van der Waals surface area contributed by atoms with Gasteiger partial charge in [-0.2, -0.15) is 0 Å². The van der Waals surface area contributed by atoms with Crippen molar-refractivity contribution in [2.45, 2.75) is 51.5 Å². The lowest BCUT2D eigenvalue weighted by atomic mass is 9.89. The van der Waals surface area contributed by atoms with E-state index in [0.717, 1.165) is 51.1 Å². The van der Waals surface area contributed by atoms with E-state index in [1.54, 1.807) is 0 Å². The highest BCUT2D eigenvalue weighted by Gasteiger charge is 2.42. The van der Waals surface area contributed by atoms with E-state index >= 15 is 0 Å². The molecule has 0 bridgehead atoms. The van der Waals surface area contributed by atoms with Crippen LogP contribution in [0.25, 0.3) is 0 Å². The van der Waals surface area contributed by atoms with Gasteiger partial charge in [-0.25, -0.2) is 4.79 Å². The molecule has 3 atom stereocenters. The van der Waals surface area contributed by atoms with Crippen molar-refractivity contribution in [3.05, 3.63) is 71.8 Å². The summed E-state index contributed by atoms with van der Waals surface area (Å²) in [6, 6.07) is 20.4. The highest BCUT2D eigenvalue weighted by molar-refractivity contribution is 5.67. The quantitative estimate of drug-likeness (QED) is 0.619. The number of carbonyl (C=O) groups is 1. The van der Waals surface area contributed by atoms with Crippen LogP contribution in [0.4, 0.5) is 4.79 Å². The van der Waals surface area contributed by atoms with Crippen molar-refractivity contribution in [2.75, 3.05) is 32.7 Å². The van der Waals surface area contributed by atoms with Crippen LogP contribution >= 0.6 is 0 Å². The summed E-state index contributed by atoms with van der Waals surface area (Å²) in [6.45, 7) is 9.87. The Balaban J connectivity index is 1.18. The van der Waals surface area contributed by atoms with Gasteiger partial charge < -0.3 is 20.1 Å². The minimum absolute atomic E-state index is 0.103.